The van der Waals surface area contributed by atoms with Gasteiger partial charge in [0.05, 0.1) is 16.4 Å². The van der Waals surface area contributed by atoms with E-state index in [1.165, 1.54) is 0 Å². The topological polar surface area (TPSA) is 61.8 Å². The quantitative estimate of drug-likeness (QED) is 0.595. The first-order chi connectivity index (χ1) is 14.1. The van der Waals surface area contributed by atoms with E-state index in [1.807, 2.05) is 39.1 Å². The fourth-order valence-electron chi connectivity index (χ4n) is 3.00. The highest BCUT2D eigenvalue weighted by molar-refractivity contribution is 7.16. The van der Waals surface area contributed by atoms with Crippen molar-refractivity contribution in [2.75, 3.05) is 45.2 Å². The Hall–Kier alpha value is -1.96. The Morgan fingerprint density at radius 2 is 2.00 bits per heavy atom. The predicted octanol–water partition coefficient (Wildman–Crippen LogP) is 4.95. The molecule has 3 rings (SSSR count). The zero-order valence-corrected chi connectivity index (χ0v) is 19.2. The smallest absolute Gasteiger partial charge is 0.158 e. The van der Waals surface area contributed by atoms with E-state index in [-0.39, 0.29) is 0 Å². The van der Waals surface area contributed by atoms with Crippen molar-refractivity contribution < 1.29 is 4.74 Å². The summed E-state index contributed by atoms with van der Waals surface area (Å²) in [6.45, 7) is 13.0. The highest BCUT2D eigenvalue weighted by Gasteiger charge is 2.23. The van der Waals surface area contributed by atoms with Crippen LogP contribution in [0.25, 0.3) is 0 Å². The number of ether oxygens (including phenoxy) is 1. The highest BCUT2D eigenvalue weighted by Crippen LogP contribution is 2.37. The van der Waals surface area contributed by atoms with Gasteiger partial charge in [-0.1, -0.05) is 19.1 Å². The van der Waals surface area contributed by atoms with Gasteiger partial charge in [0, 0.05) is 26.3 Å². The van der Waals surface area contributed by atoms with Crippen molar-refractivity contribution in [1.29, 1.82) is 0 Å². The maximum absolute atomic E-state index is 4.98. The van der Waals surface area contributed by atoms with Gasteiger partial charge in [-0.25, -0.2) is 9.98 Å². The van der Waals surface area contributed by atoms with Crippen LogP contribution in [0.3, 0.4) is 0 Å². The standard InChI is InChI=1S/C17H23N5S.C5H12O/c1-4-22(11-7-10-18-3)16-15-17(23-12(2)19-15)21-14-9-6-5-8-13(14)20-16;1-3-5-6-4-2/h5-6,8-9,18,21H,4,7,10-11H2,1-3H3;3-5H2,1-2H3. The molecular formula is C22H35N5OS. The molecule has 160 valence electrons. The van der Waals surface area contributed by atoms with Gasteiger partial charge in [-0.2, -0.15) is 0 Å². The SMILES string of the molecule is CCCOCC.CCN(CCCNC)C1=Nc2ccccc2Nc2sc(C)nc21. The number of anilines is 2. The van der Waals surface area contributed by atoms with Crippen LogP contribution in [0.1, 0.15) is 44.3 Å². The summed E-state index contributed by atoms with van der Waals surface area (Å²) < 4.78 is 4.98. The van der Waals surface area contributed by atoms with E-state index < -0.39 is 0 Å². The van der Waals surface area contributed by atoms with E-state index in [4.69, 9.17) is 14.7 Å². The average Bonchev–Trinajstić information content (AvgIpc) is 3.02. The number of hydrogen-bond acceptors (Lipinski definition) is 7. The molecule has 0 unspecified atom stereocenters. The largest absolute Gasteiger partial charge is 0.382 e. The van der Waals surface area contributed by atoms with Crippen LogP contribution < -0.4 is 10.6 Å². The van der Waals surface area contributed by atoms with Crippen molar-refractivity contribution in [2.45, 2.75) is 40.5 Å². The molecule has 0 saturated heterocycles. The number of nitrogens with one attached hydrogen (secondary N) is 2. The molecule has 0 amide bonds. The first kappa shape index (κ1) is 23.3. The molecule has 2 aromatic rings. The molecule has 0 saturated carbocycles. The maximum atomic E-state index is 4.98. The maximum Gasteiger partial charge on any atom is 0.158 e. The molecule has 0 bridgehead atoms. The third kappa shape index (κ3) is 6.80. The fraction of sp³-hybridized carbons (Fsp3) is 0.545. The lowest BCUT2D eigenvalue weighted by Gasteiger charge is -2.23. The molecule has 1 aromatic heterocycles. The van der Waals surface area contributed by atoms with Crippen molar-refractivity contribution in [3.05, 3.63) is 35.0 Å². The third-order valence-corrected chi connectivity index (χ3v) is 5.30. The number of benzene rings is 1. The Balaban J connectivity index is 0.000000438. The van der Waals surface area contributed by atoms with Crippen molar-refractivity contribution in [1.82, 2.24) is 15.2 Å². The van der Waals surface area contributed by atoms with Gasteiger partial charge in [-0.15, -0.1) is 11.3 Å². The number of thiazole rings is 1. The Morgan fingerprint density at radius 3 is 2.66 bits per heavy atom. The number of aryl methyl sites for hydroxylation is 1. The molecule has 7 heteroatoms. The van der Waals surface area contributed by atoms with E-state index in [0.717, 1.165) is 78.6 Å². The van der Waals surface area contributed by atoms with Crippen LogP contribution in [0, 0.1) is 6.92 Å². The molecule has 6 nitrogen and oxygen atoms in total. The van der Waals surface area contributed by atoms with Gasteiger partial charge in [-0.3, -0.25) is 0 Å². The molecule has 2 heterocycles. The summed E-state index contributed by atoms with van der Waals surface area (Å²) in [6.07, 6.45) is 2.21. The van der Waals surface area contributed by atoms with Crippen LogP contribution >= 0.6 is 11.3 Å². The van der Waals surface area contributed by atoms with Crippen LogP contribution in [-0.2, 0) is 4.74 Å². The van der Waals surface area contributed by atoms with Gasteiger partial charge in [0.2, 0.25) is 0 Å². The monoisotopic (exact) mass is 417 g/mol. The van der Waals surface area contributed by atoms with E-state index in [2.05, 4.69) is 35.4 Å². The zero-order valence-electron chi connectivity index (χ0n) is 18.4. The van der Waals surface area contributed by atoms with Crippen molar-refractivity contribution in [3.63, 3.8) is 0 Å². The summed E-state index contributed by atoms with van der Waals surface area (Å²) >= 11 is 1.69. The van der Waals surface area contributed by atoms with Gasteiger partial charge in [0.1, 0.15) is 10.7 Å². The minimum absolute atomic E-state index is 0.855. The van der Waals surface area contributed by atoms with E-state index in [1.54, 1.807) is 11.3 Å². The van der Waals surface area contributed by atoms with Gasteiger partial charge in [0.15, 0.2) is 5.84 Å². The minimum Gasteiger partial charge on any atom is -0.382 e. The summed E-state index contributed by atoms with van der Waals surface area (Å²) in [6, 6.07) is 8.17. The Kier molecular flexibility index (Phi) is 10.1. The number of fused-ring (bicyclic) bond motifs is 2. The van der Waals surface area contributed by atoms with Crippen molar-refractivity contribution in [2.24, 2.45) is 4.99 Å². The minimum atomic E-state index is 0.855. The Morgan fingerprint density at radius 1 is 1.21 bits per heavy atom. The number of nitrogens with zero attached hydrogens (tertiary/aromatic N) is 3. The van der Waals surface area contributed by atoms with Gasteiger partial charge < -0.3 is 20.3 Å². The number of aliphatic imine (C=N–C) groups is 1. The summed E-state index contributed by atoms with van der Waals surface area (Å²) in [5.41, 5.74) is 2.98. The molecule has 29 heavy (non-hydrogen) atoms. The second-order valence-corrected chi connectivity index (χ2v) is 7.93. The highest BCUT2D eigenvalue weighted by atomic mass is 32.1. The zero-order chi connectivity index (χ0) is 21.1. The summed E-state index contributed by atoms with van der Waals surface area (Å²) in [7, 11) is 1.99. The Bertz CT molecular complexity index is 770. The summed E-state index contributed by atoms with van der Waals surface area (Å²) in [5.74, 6) is 0.973. The van der Waals surface area contributed by atoms with Gasteiger partial charge in [0.25, 0.3) is 0 Å². The molecule has 0 atom stereocenters. The third-order valence-electron chi connectivity index (χ3n) is 4.41. The number of para-hydroxylation sites is 2. The van der Waals surface area contributed by atoms with E-state index >= 15 is 0 Å². The fourth-order valence-corrected chi connectivity index (χ4v) is 3.83. The number of rotatable bonds is 8. The first-order valence-corrected chi connectivity index (χ1v) is 11.4. The average molecular weight is 418 g/mol. The van der Waals surface area contributed by atoms with Gasteiger partial charge >= 0.3 is 0 Å². The van der Waals surface area contributed by atoms with Crippen molar-refractivity contribution in [3.8, 4) is 0 Å². The lowest BCUT2D eigenvalue weighted by Crippen LogP contribution is -2.34. The van der Waals surface area contributed by atoms with E-state index in [9.17, 15) is 0 Å². The molecule has 0 radical (unpaired) electrons. The molecular weight excluding hydrogens is 382 g/mol. The van der Waals surface area contributed by atoms with Crippen molar-refractivity contribution >= 4 is 33.5 Å². The number of hydrogen-bond donors (Lipinski definition) is 2. The van der Waals surface area contributed by atoms with Gasteiger partial charge in [-0.05, 0) is 59.3 Å². The second-order valence-electron chi connectivity index (χ2n) is 6.72. The molecule has 2 N–H and O–H groups in total. The lowest BCUT2D eigenvalue weighted by atomic mass is 10.3. The van der Waals surface area contributed by atoms with Crippen LogP contribution in [0.2, 0.25) is 0 Å². The Labute approximate surface area is 179 Å². The second kappa shape index (κ2) is 12.6. The van der Waals surface area contributed by atoms with Crippen LogP contribution in [0.4, 0.5) is 16.4 Å². The molecule has 1 aromatic carbocycles. The predicted molar refractivity (Wildman–Crippen MR) is 125 cm³/mol. The lowest BCUT2D eigenvalue weighted by molar-refractivity contribution is 0.148. The van der Waals surface area contributed by atoms with Crippen LogP contribution in [0.15, 0.2) is 29.3 Å². The molecule has 0 spiro atoms. The van der Waals surface area contributed by atoms with Crippen LogP contribution in [-0.4, -0.2) is 55.6 Å². The van der Waals surface area contributed by atoms with Crippen LogP contribution in [0.5, 0.6) is 0 Å². The molecule has 0 fully saturated rings. The molecule has 1 aliphatic heterocycles. The van der Waals surface area contributed by atoms with E-state index in [0.29, 0.717) is 0 Å². The number of aromatic nitrogens is 1. The normalized spacial score (nSPS) is 12.0. The summed E-state index contributed by atoms with van der Waals surface area (Å²) in [4.78, 5) is 12.0. The molecule has 1 aliphatic rings. The molecule has 0 aliphatic carbocycles. The summed E-state index contributed by atoms with van der Waals surface area (Å²) in [5, 5.41) is 8.85. The first-order valence-electron chi connectivity index (χ1n) is 10.5. The number of amidine groups is 1.